The van der Waals surface area contributed by atoms with E-state index in [9.17, 15) is 14.4 Å². The number of carbonyl (C=O) groups excluding carboxylic acids is 3. The molecule has 7 nitrogen and oxygen atoms in total. The van der Waals surface area contributed by atoms with Crippen molar-refractivity contribution in [3.63, 3.8) is 0 Å². The summed E-state index contributed by atoms with van der Waals surface area (Å²) in [6.07, 6.45) is 7.12. The molecule has 0 radical (unpaired) electrons. The van der Waals surface area contributed by atoms with Gasteiger partial charge in [-0.15, -0.1) is 0 Å². The second-order valence-corrected chi connectivity index (χ2v) is 8.58. The van der Waals surface area contributed by atoms with Crippen LogP contribution in [0.1, 0.15) is 65.7 Å². The number of benzene rings is 1. The number of alkyl carbamates (subject to hydrolysis) is 1. The lowest BCUT2D eigenvalue weighted by Crippen LogP contribution is -2.37. The van der Waals surface area contributed by atoms with Crippen LogP contribution in [0, 0.1) is 5.92 Å². The Balaban J connectivity index is 1.75. The van der Waals surface area contributed by atoms with Crippen molar-refractivity contribution in [3.05, 3.63) is 24.3 Å². The molecule has 3 N–H and O–H groups in total. The van der Waals surface area contributed by atoms with E-state index in [2.05, 4.69) is 16.0 Å². The Labute approximate surface area is 173 Å². The Kier molecular flexibility index (Phi) is 8.49. The van der Waals surface area contributed by atoms with Crippen molar-refractivity contribution in [3.8, 4) is 0 Å². The summed E-state index contributed by atoms with van der Waals surface area (Å²) in [5.74, 6) is 0.278. The molecule has 7 heteroatoms. The predicted octanol–water partition coefficient (Wildman–Crippen LogP) is 4.45. The SMILES string of the molecule is CC(C)(C)OC(=O)NCC(=O)Nc1cccc(NC(=O)CCC2CCCCC2)c1. The van der Waals surface area contributed by atoms with Crippen LogP contribution in [0.15, 0.2) is 24.3 Å². The van der Waals surface area contributed by atoms with Gasteiger partial charge in [-0.2, -0.15) is 0 Å². The Hall–Kier alpha value is -2.57. The number of amides is 3. The first-order valence-corrected chi connectivity index (χ1v) is 10.4. The van der Waals surface area contributed by atoms with Crippen LogP contribution in [0.4, 0.5) is 16.2 Å². The van der Waals surface area contributed by atoms with Gasteiger partial charge in [0.1, 0.15) is 12.1 Å². The van der Waals surface area contributed by atoms with Gasteiger partial charge in [0.2, 0.25) is 11.8 Å². The highest BCUT2D eigenvalue weighted by Crippen LogP contribution is 2.27. The summed E-state index contributed by atoms with van der Waals surface area (Å²) in [6.45, 7) is 5.05. The first-order valence-electron chi connectivity index (χ1n) is 10.4. The van der Waals surface area contributed by atoms with Gasteiger partial charge in [-0.25, -0.2) is 4.79 Å². The summed E-state index contributed by atoms with van der Waals surface area (Å²) < 4.78 is 5.09. The molecule has 1 saturated carbocycles. The van der Waals surface area contributed by atoms with Gasteiger partial charge in [0.25, 0.3) is 0 Å². The van der Waals surface area contributed by atoms with E-state index >= 15 is 0 Å². The highest BCUT2D eigenvalue weighted by Gasteiger charge is 2.17. The minimum absolute atomic E-state index is 0.00866. The molecule has 2 rings (SSSR count). The first-order chi connectivity index (χ1) is 13.7. The molecule has 0 spiro atoms. The standard InChI is InChI=1S/C22H33N3O4/c1-22(2,3)29-21(28)23-15-20(27)25-18-11-7-10-17(14-18)24-19(26)13-12-16-8-5-4-6-9-16/h7,10-11,14,16H,4-6,8-9,12-13,15H2,1-3H3,(H,23,28)(H,24,26)(H,25,27). The summed E-state index contributed by atoms with van der Waals surface area (Å²) in [5.41, 5.74) is 0.562. The van der Waals surface area contributed by atoms with Crippen LogP contribution in [0.5, 0.6) is 0 Å². The highest BCUT2D eigenvalue weighted by atomic mass is 16.6. The molecule has 1 aliphatic carbocycles. The zero-order valence-electron chi connectivity index (χ0n) is 17.7. The molecule has 0 saturated heterocycles. The van der Waals surface area contributed by atoms with Gasteiger partial charge >= 0.3 is 6.09 Å². The van der Waals surface area contributed by atoms with E-state index < -0.39 is 11.7 Å². The van der Waals surface area contributed by atoms with E-state index in [0.29, 0.717) is 23.7 Å². The zero-order valence-corrected chi connectivity index (χ0v) is 17.7. The molecule has 1 aromatic carbocycles. The second-order valence-electron chi connectivity index (χ2n) is 8.58. The molecular weight excluding hydrogens is 370 g/mol. The molecule has 160 valence electrons. The van der Waals surface area contributed by atoms with Crippen molar-refractivity contribution in [2.75, 3.05) is 17.2 Å². The third-order valence-corrected chi connectivity index (χ3v) is 4.73. The molecule has 0 aliphatic heterocycles. The van der Waals surface area contributed by atoms with E-state index in [1.54, 1.807) is 45.0 Å². The van der Waals surface area contributed by atoms with Crippen molar-refractivity contribution < 1.29 is 19.1 Å². The highest BCUT2D eigenvalue weighted by molar-refractivity contribution is 5.95. The minimum Gasteiger partial charge on any atom is -0.444 e. The third-order valence-electron chi connectivity index (χ3n) is 4.73. The minimum atomic E-state index is -0.647. The van der Waals surface area contributed by atoms with Crippen molar-refractivity contribution >= 4 is 29.3 Å². The van der Waals surface area contributed by atoms with E-state index in [-0.39, 0.29) is 18.4 Å². The topological polar surface area (TPSA) is 96.5 Å². The molecule has 0 heterocycles. The fourth-order valence-corrected chi connectivity index (χ4v) is 3.38. The maximum absolute atomic E-state index is 12.2. The quantitative estimate of drug-likeness (QED) is 0.627. The normalized spacial score (nSPS) is 14.7. The van der Waals surface area contributed by atoms with Gasteiger partial charge in [-0.3, -0.25) is 9.59 Å². The number of hydrogen-bond acceptors (Lipinski definition) is 4. The van der Waals surface area contributed by atoms with Crippen molar-refractivity contribution in [2.24, 2.45) is 5.92 Å². The smallest absolute Gasteiger partial charge is 0.408 e. The van der Waals surface area contributed by atoms with Crippen LogP contribution in [0.25, 0.3) is 0 Å². The monoisotopic (exact) mass is 403 g/mol. The Morgan fingerprint density at radius 1 is 1.00 bits per heavy atom. The maximum atomic E-state index is 12.2. The van der Waals surface area contributed by atoms with E-state index in [1.807, 2.05) is 0 Å². The van der Waals surface area contributed by atoms with Crippen molar-refractivity contribution in [1.82, 2.24) is 5.32 Å². The average molecular weight is 404 g/mol. The van der Waals surface area contributed by atoms with E-state index in [1.165, 1.54) is 32.1 Å². The summed E-state index contributed by atoms with van der Waals surface area (Å²) in [4.78, 5) is 35.9. The number of anilines is 2. The fourth-order valence-electron chi connectivity index (χ4n) is 3.38. The molecule has 0 bridgehead atoms. The van der Waals surface area contributed by atoms with Crippen molar-refractivity contribution in [1.29, 1.82) is 0 Å². The summed E-state index contributed by atoms with van der Waals surface area (Å²) in [6, 6.07) is 6.97. The number of nitrogens with one attached hydrogen (secondary N) is 3. The molecule has 1 fully saturated rings. The molecule has 0 aromatic heterocycles. The molecule has 0 atom stereocenters. The number of hydrogen-bond donors (Lipinski definition) is 3. The molecular formula is C22H33N3O4. The van der Waals surface area contributed by atoms with Gasteiger partial charge in [0.15, 0.2) is 0 Å². The third kappa shape index (κ3) is 9.45. The lowest BCUT2D eigenvalue weighted by Gasteiger charge is -2.21. The summed E-state index contributed by atoms with van der Waals surface area (Å²) in [7, 11) is 0. The summed E-state index contributed by atoms with van der Waals surface area (Å²) in [5, 5.41) is 8.00. The molecule has 29 heavy (non-hydrogen) atoms. The molecule has 1 aromatic rings. The summed E-state index contributed by atoms with van der Waals surface area (Å²) >= 11 is 0. The van der Waals surface area contributed by atoms with Gasteiger partial charge < -0.3 is 20.7 Å². The largest absolute Gasteiger partial charge is 0.444 e. The zero-order chi connectivity index (χ0) is 21.3. The van der Waals surface area contributed by atoms with Gasteiger partial charge in [-0.05, 0) is 51.3 Å². The van der Waals surface area contributed by atoms with Crippen LogP contribution in [0.2, 0.25) is 0 Å². The van der Waals surface area contributed by atoms with Crippen LogP contribution in [-0.2, 0) is 14.3 Å². The van der Waals surface area contributed by atoms with Crippen molar-refractivity contribution in [2.45, 2.75) is 71.3 Å². The number of ether oxygens (including phenoxy) is 1. The van der Waals surface area contributed by atoms with Crippen LogP contribution >= 0.6 is 0 Å². The van der Waals surface area contributed by atoms with Gasteiger partial charge in [0, 0.05) is 17.8 Å². The molecule has 0 unspecified atom stereocenters. The molecule has 1 aliphatic rings. The fraction of sp³-hybridized carbons (Fsp3) is 0.591. The predicted molar refractivity (Wildman–Crippen MR) is 114 cm³/mol. The Morgan fingerprint density at radius 3 is 2.24 bits per heavy atom. The van der Waals surface area contributed by atoms with Gasteiger partial charge in [-0.1, -0.05) is 38.2 Å². The number of carbonyl (C=O) groups is 3. The molecule has 3 amide bonds. The van der Waals surface area contributed by atoms with Crippen LogP contribution < -0.4 is 16.0 Å². The lowest BCUT2D eigenvalue weighted by atomic mass is 9.86. The van der Waals surface area contributed by atoms with Crippen LogP contribution in [-0.4, -0.2) is 30.1 Å². The number of rotatable bonds is 7. The van der Waals surface area contributed by atoms with Gasteiger partial charge in [0.05, 0.1) is 0 Å². The van der Waals surface area contributed by atoms with Crippen LogP contribution in [0.3, 0.4) is 0 Å². The first kappa shape index (κ1) is 22.7. The Bertz CT molecular complexity index is 706. The maximum Gasteiger partial charge on any atom is 0.408 e. The lowest BCUT2D eigenvalue weighted by molar-refractivity contribution is -0.116. The second kappa shape index (κ2) is 10.8. The van der Waals surface area contributed by atoms with E-state index in [0.717, 1.165) is 6.42 Å². The van der Waals surface area contributed by atoms with E-state index in [4.69, 9.17) is 4.74 Å². The average Bonchev–Trinajstić information content (AvgIpc) is 2.64. The Morgan fingerprint density at radius 2 is 1.62 bits per heavy atom.